The third-order valence-corrected chi connectivity index (χ3v) is 1.85. The van der Waals surface area contributed by atoms with Crippen LogP contribution >= 0.6 is 0 Å². The summed E-state index contributed by atoms with van der Waals surface area (Å²) < 4.78 is 4.95. The molecule has 12 heavy (non-hydrogen) atoms. The normalized spacial score (nSPS) is 15.9. The molecule has 0 aromatic carbocycles. The van der Waals surface area contributed by atoms with Crippen LogP contribution in [0.5, 0.6) is 0 Å². The molecule has 3 nitrogen and oxygen atoms in total. The lowest BCUT2D eigenvalue weighted by molar-refractivity contribution is 0.243. The van der Waals surface area contributed by atoms with Gasteiger partial charge in [0.05, 0.1) is 19.1 Å². The van der Waals surface area contributed by atoms with Gasteiger partial charge < -0.3 is 14.8 Å². The minimum Gasteiger partial charge on any atom is -0.472 e. The fourth-order valence-electron chi connectivity index (χ4n) is 1.10. The molecule has 2 N–H and O–H groups in total. The molecule has 1 aromatic heterocycles. The van der Waals surface area contributed by atoms with E-state index in [4.69, 9.17) is 9.52 Å². The SMILES string of the molecule is CC(N[C@H](C)CO)c1ccoc1. The first-order valence-electron chi connectivity index (χ1n) is 4.13. The smallest absolute Gasteiger partial charge is 0.0950 e. The molecular formula is C9H15NO2. The maximum Gasteiger partial charge on any atom is 0.0950 e. The highest BCUT2D eigenvalue weighted by Gasteiger charge is 2.08. The van der Waals surface area contributed by atoms with E-state index in [2.05, 4.69) is 5.32 Å². The average Bonchev–Trinajstić information content (AvgIpc) is 2.56. The Morgan fingerprint density at radius 3 is 2.83 bits per heavy atom. The zero-order chi connectivity index (χ0) is 8.97. The van der Waals surface area contributed by atoms with E-state index in [1.54, 1.807) is 12.5 Å². The summed E-state index contributed by atoms with van der Waals surface area (Å²) in [7, 11) is 0. The lowest BCUT2D eigenvalue weighted by atomic mass is 10.1. The molecule has 0 aliphatic carbocycles. The number of aliphatic hydroxyl groups excluding tert-OH is 1. The van der Waals surface area contributed by atoms with Crippen molar-refractivity contribution < 1.29 is 9.52 Å². The molecule has 0 amide bonds. The molecule has 0 aliphatic heterocycles. The predicted octanol–water partition coefficient (Wildman–Crippen LogP) is 1.31. The molecule has 1 aromatic rings. The first kappa shape index (κ1) is 9.29. The monoisotopic (exact) mass is 169 g/mol. The van der Waals surface area contributed by atoms with E-state index >= 15 is 0 Å². The molecular weight excluding hydrogens is 154 g/mol. The van der Waals surface area contributed by atoms with Crippen LogP contribution in [0, 0.1) is 0 Å². The van der Waals surface area contributed by atoms with Crippen molar-refractivity contribution in [1.82, 2.24) is 5.32 Å². The van der Waals surface area contributed by atoms with Crippen LogP contribution in [-0.4, -0.2) is 17.8 Å². The average molecular weight is 169 g/mol. The van der Waals surface area contributed by atoms with Gasteiger partial charge in [0, 0.05) is 17.6 Å². The van der Waals surface area contributed by atoms with Crippen molar-refractivity contribution in [3.63, 3.8) is 0 Å². The standard InChI is InChI=1S/C9H15NO2/c1-7(5-11)10-8(2)9-3-4-12-6-9/h3-4,6-8,10-11H,5H2,1-2H3/t7-,8?/m1/s1. The maximum atomic E-state index is 8.80. The van der Waals surface area contributed by atoms with Crippen molar-refractivity contribution in [3.05, 3.63) is 24.2 Å². The van der Waals surface area contributed by atoms with E-state index in [0.29, 0.717) is 0 Å². The van der Waals surface area contributed by atoms with Gasteiger partial charge >= 0.3 is 0 Å². The Morgan fingerprint density at radius 2 is 2.33 bits per heavy atom. The number of nitrogens with one attached hydrogen (secondary N) is 1. The second kappa shape index (κ2) is 4.28. The molecule has 1 heterocycles. The van der Waals surface area contributed by atoms with E-state index in [0.717, 1.165) is 5.56 Å². The van der Waals surface area contributed by atoms with Crippen molar-refractivity contribution in [1.29, 1.82) is 0 Å². The summed E-state index contributed by atoms with van der Waals surface area (Å²) in [6.45, 7) is 4.13. The van der Waals surface area contributed by atoms with E-state index in [1.165, 1.54) is 0 Å². The summed E-state index contributed by atoms with van der Waals surface area (Å²) in [6, 6.07) is 2.27. The van der Waals surface area contributed by atoms with Crippen molar-refractivity contribution in [2.75, 3.05) is 6.61 Å². The molecule has 0 spiro atoms. The molecule has 0 aliphatic rings. The Hall–Kier alpha value is -0.800. The van der Waals surface area contributed by atoms with E-state index in [-0.39, 0.29) is 18.7 Å². The minimum atomic E-state index is 0.120. The molecule has 3 heteroatoms. The van der Waals surface area contributed by atoms with Gasteiger partial charge in [0.25, 0.3) is 0 Å². The number of rotatable bonds is 4. The topological polar surface area (TPSA) is 45.4 Å². The third-order valence-electron chi connectivity index (χ3n) is 1.85. The maximum absolute atomic E-state index is 8.80. The second-order valence-electron chi connectivity index (χ2n) is 3.03. The summed E-state index contributed by atoms with van der Waals surface area (Å²) in [6.07, 6.45) is 3.36. The van der Waals surface area contributed by atoms with Crippen LogP contribution in [0.4, 0.5) is 0 Å². The van der Waals surface area contributed by atoms with Crippen LogP contribution in [0.15, 0.2) is 23.0 Å². The first-order chi connectivity index (χ1) is 5.74. The third kappa shape index (κ3) is 2.36. The molecule has 1 unspecified atom stereocenters. The Labute approximate surface area is 72.4 Å². The first-order valence-corrected chi connectivity index (χ1v) is 4.13. The molecule has 0 saturated heterocycles. The highest BCUT2D eigenvalue weighted by molar-refractivity contribution is 5.10. The lowest BCUT2D eigenvalue weighted by Gasteiger charge is -2.16. The summed E-state index contributed by atoms with van der Waals surface area (Å²) in [5, 5.41) is 12.0. The van der Waals surface area contributed by atoms with E-state index < -0.39 is 0 Å². The molecule has 2 atom stereocenters. The summed E-state index contributed by atoms with van der Waals surface area (Å²) in [5.41, 5.74) is 1.11. The lowest BCUT2D eigenvalue weighted by Crippen LogP contribution is -2.31. The molecule has 0 saturated carbocycles. The Morgan fingerprint density at radius 1 is 1.58 bits per heavy atom. The van der Waals surface area contributed by atoms with Gasteiger partial charge in [-0.25, -0.2) is 0 Å². The van der Waals surface area contributed by atoms with E-state index in [9.17, 15) is 0 Å². The molecule has 0 bridgehead atoms. The van der Waals surface area contributed by atoms with E-state index in [1.807, 2.05) is 19.9 Å². The Kier molecular flexibility index (Phi) is 3.31. The highest BCUT2D eigenvalue weighted by Crippen LogP contribution is 2.12. The number of aliphatic hydroxyl groups is 1. The Bertz CT molecular complexity index is 208. The predicted molar refractivity (Wildman–Crippen MR) is 46.8 cm³/mol. The fourth-order valence-corrected chi connectivity index (χ4v) is 1.10. The molecule has 0 fully saturated rings. The van der Waals surface area contributed by atoms with Crippen LogP contribution < -0.4 is 5.32 Å². The van der Waals surface area contributed by atoms with Gasteiger partial charge in [0.1, 0.15) is 0 Å². The van der Waals surface area contributed by atoms with Crippen LogP contribution in [0.25, 0.3) is 0 Å². The zero-order valence-electron chi connectivity index (χ0n) is 7.45. The van der Waals surface area contributed by atoms with Gasteiger partial charge in [-0.3, -0.25) is 0 Å². The van der Waals surface area contributed by atoms with Crippen molar-refractivity contribution >= 4 is 0 Å². The summed E-state index contributed by atoms with van der Waals surface area (Å²) in [5.74, 6) is 0. The molecule has 1 rings (SSSR count). The van der Waals surface area contributed by atoms with Crippen molar-refractivity contribution in [3.8, 4) is 0 Å². The van der Waals surface area contributed by atoms with Crippen molar-refractivity contribution in [2.45, 2.75) is 25.9 Å². The number of furan rings is 1. The zero-order valence-corrected chi connectivity index (χ0v) is 7.45. The van der Waals surface area contributed by atoms with Gasteiger partial charge in [-0.05, 0) is 19.9 Å². The van der Waals surface area contributed by atoms with Gasteiger partial charge in [0.2, 0.25) is 0 Å². The second-order valence-corrected chi connectivity index (χ2v) is 3.03. The van der Waals surface area contributed by atoms with Gasteiger partial charge in [-0.15, -0.1) is 0 Å². The van der Waals surface area contributed by atoms with Crippen LogP contribution in [-0.2, 0) is 0 Å². The van der Waals surface area contributed by atoms with Gasteiger partial charge in [-0.2, -0.15) is 0 Å². The van der Waals surface area contributed by atoms with Crippen LogP contribution in [0.3, 0.4) is 0 Å². The number of hydrogen-bond donors (Lipinski definition) is 2. The van der Waals surface area contributed by atoms with Crippen LogP contribution in [0.1, 0.15) is 25.5 Å². The Balaban J connectivity index is 2.44. The molecule has 68 valence electrons. The van der Waals surface area contributed by atoms with Gasteiger partial charge in [0.15, 0.2) is 0 Å². The summed E-state index contributed by atoms with van der Waals surface area (Å²) in [4.78, 5) is 0. The number of hydrogen-bond acceptors (Lipinski definition) is 3. The van der Waals surface area contributed by atoms with Gasteiger partial charge in [-0.1, -0.05) is 0 Å². The quantitative estimate of drug-likeness (QED) is 0.714. The fraction of sp³-hybridized carbons (Fsp3) is 0.556. The van der Waals surface area contributed by atoms with Crippen molar-refractivity contribution in [2.24, 2.45) is 0 Å². The summed E-state index contributed by atoms with van der Waals surface area (Å²) >= 11 is 0. The molecule has 0 radical (unpaired) electrons. The highest BCUT2D eigenvalue weighted by atomic mass is 16.3. The van der Waals surface area contributed by atoms with Crippen LogP contribution in [0.2, 0.25) is 0 Å². The minimum absolute atomic E-state index is 0.120. The largest absolute Gasteiger partial charge is 0.472 e.